The average molecular weight is 308 g/mol. The van der Waals surface area contributed by atoms with Gasteiger partial charge in [0.05, 0.1) is 5.56 Å². The summed E-state index contributed by atoms with van der Waals surface area (Å²) in [5.41, 5.74) is -0.571. The van der Waals surface area contributed by atoms with Crippen molar-refractivity contribution in [3.8, 4) is 11.8 Å². The zero-order valence-electron chi connectivity index (χ0n) is 8.43. The summed E-state index contributed by atoms with van der Waals surface area (Å²) in [5.74, 6) is -1.21. The molecule has 0 heterocycles. The van der Waals surface area contributed by atoms with Crippen LogP contribution in [0.2, 0.25) is 0 Å². The first-order valence-electron chi connectivity index (χ1n) is 4.25. The van der Waals surface area contributed by atoms with Gasteiger partial charge in [0.2, 0.25) is 0 Å². The van der Waals surface area contributed by atoms with Crippen molar-refractivity contribution in [3.05, 3.63) is 27.7 Å². The van der Waals surface area contributed by atoms with E-state index in [0.717, 1.165) is 13.0 Å². The maximum atomic E-state index is 12.1. The lowest BCUT2D eigenvalue weighted by molar-refractivity contribution is -0.274. The van der Waals surface area contributed by atoms with Crippen molar-refractivity contribution in [2.24, 2.45) is 0 Å². The SMILES string of the molecule is CC(=O)c1c(Br)ccc(OC(F)(F)F)c1C#N. The van der Waals surface area contributed by atoms with Crippen LogP contribution < -0.4 is 4.74 Å². The molecule has 0 saturated heterocycles. The van der Waals surface area contributed by atoms with E-state index in [-0.39, 0.29) is 10.0 Å². The van der Waals surface area contributed by atoms with E-state index in [1.54, 1.807) is 0 Å². The van der Waals surface area contributed by atoms with Crippen LogP contribution in [0.5, 0.6) is 5.75 Å². The Bertz CT molecular complexity index is 505. The quantitative estimate of drug-likeness (QED) is 0.787. The molecule has 0 aromatic heterocycles. The van der Waals surface area contributed by atoms with E-state index in [1.165, 1.54) is 12.1 Å². The molecule has 90 valence electrons. The van der Waals surface area contributed by atoms with Crippen molar-refractivity contribution in [1.29, 1.82) is 5.26 Å². The fourth-order valence-corrected chi connectivity index (χ4v) is 1.83. The zero-order valence-corrected chi connectivity index (χ0v) is 10.0. The number of nitrogens with zero attached hydrogens (tertiary/aromatic N) is 1. The van der Waals surface area contributed by atoms with Gasteiger partial charge < -0.3 is 4.74 Å². The Labute approximate surface area is 103 Å². The summed E-state index contributed by atoms with van der Waals surface area (Å²) in [6.07, 6.45) is -4.91. The number of carbonyl (C=O) groups is 1. The molecule has 0 atom stereocenters. The molecule has 0 unspecified atom stereocenters. The average Bonchev–Trinajstić information content (AvgIpc) is 2.17. The van der Waals surface area contributed by atoms with Crippen molar-refractivity contribution in [1.82, 2.24) is 0 Å². The summed E-state index contributed by atoms with van der Waals surface area (Å²) in [6, 6.07) is 3.73. The highest BCUT2D eigenvalue weighted by atomic mass is 79.9. The second kappa shape index (κ2) is 4.75. The molecular formula is C10H5BrF3NO2. The minimum Gasteiger partial charge on any atom is -0.404 e. The predicted octanol–water partition coefficient (Wildman–Crippen LogP) is 3.42. The summed E-state index contributed by atoms with van der Waals surface area (Å²) in [6.45, 7) is 1.15. The number of Topliss-reactive ketones (excluding diaryl/α,β-unsaturated/α-hetero) is 1. The van der Waals surface area contributed by atoms with Gasteiger partial charge in [-0.15, -0.1) is 13.2 Å². The van der Waals surface area contributed by atoms with E-state index in [9.17, 15) is 18.0 Å². The molecule has 1 rings (SSSR count). The summed E-state index contributed by atoms with van der Waals surface area (Å²) in [4.78, 5) is 11.2. The van der Waals surface area contributed by atoms with Gasteiger partial charge in [-0.1, -0.05) is 0 Å². The first-order valence-corrected chi connectivity index (χ1v) is 5.05. The van der Waals surface area contributed by atoms with Crippen LogP contribution in [0, 0.1) is 11.3 Å². The van der Waals surface area contributed by atoms with E-state index < -0.39 is 23.5 Å². The first-order chi connectivity index (χ1) is 7.76. The van der Waals surface area contributed by atoms with Crippen LogP contribution in [0.3, 0.4) is 0 Å². The topological polar surface area (TPSA) is 50.1 Å². The Morgan fingerprint density at radius 3 is 2.47 bits per heavy atom. The molecule has 0 saturated carbocycles. The molecule has 0 bridgehead atoms. The van der Waals surface area contributed by atoms with E-state index in [4.69, 9.17) is 5.26 Å². The molecule has 0 aliphatic rings. The maximum Gasteiger partial charge on any atom is 0.573 e. The molecular weight excluding hydrogens is 303 g/mol. The Kier molecular flexibility index (Phi) is 3.78. The molecule has 0 N–H and O–H groups in total. The van der Waals surface area contributed by atoms with Gasteiger partial charge >= 0.3 is 6.36 Å². The smallest absolute Gasteiger partial charge is 0.404 e. The van der Waals surface area contributed by atoms with Crippen molar-refractivity contribution in [3.63, 3.8) is 0 Å². The molecule has 17 heavy (non-hydrogen) atoms. The van der Waals surface area contributed by atoms with Gasteiger partial charge in [0.1, 0.15) is 17.4 Å². The van der Waals surface area contributed by atoms with Gasteiger partial charge in [0, 0.05) is 4.47 Å². The first kappa shape index (κ1) is 13.5. The fourth-order valence-electron chi connectivity index (χ4n) is 1.22. The molecule has 1 aromatic rings. The predicted molar refractivity (Wildman–Crippen MR) is 55.5 cm³/mol. The largest absolute Gasteiger partial charge is 0.573 e. The van der Waals surface area contributed by atoms with Gasteiger partial charge in [0.25, 0.3) is 0 Å². The van der Waals surface area contributed by atoms with Crippen LogP contribution in [0.15, 0.2) is 16.6 Å². The van der Waals surface area contributed by atoms with E-state index in [0.29, 0.717) is 0 Å². The van der Waals surface area contributed by atoms with Crippen LogP contribution in [0.4, 0.5) is 13.2 Å². The molecule has 3 nitrogen and oxygen atoms in total. The molecule has 0 aliphatic heterocycles. The number of benzene rings is 1. The summed E-state index contributed by atoms with van der Waals surface area (Å²) in [7, 11) is 0. The number of nitriles is 1. The molecule has 0 amide bonds. The number of hydrogen-bond donors (Lipinski definition) is 0. The van der Waals surface area contributed by atoms with Crippen molar-refractivity contribution >= 4 is 21.7 Å². The molecule has 0 aliphatic carbocycles. The third-order valence-electron chi connectivity index (χ3n) is 1.81. The minimum absolute atomic E-state index is 0.130. The number of carbonyl (C=O) groups excluding carboxylic acids is 1. The van der Waals surface area contributed by atoms with Gasteiger partial charge in [0.15, 0.2) is 5.78 Å². The van der Waals surface area contributed by atoms with Gasteiger partial charge in [-0.25, -0.2) is 0 Å². The summed E-state index contributed by atoms with van der Waals surface area (Å²) in [5, 5.41) is 8.80. The Morgan fingerprint density at radius 2 is 2.06 bits per heavy atom. The number of ketones is 1. The van der Waals surface area contributed by atoms with Crippen LogP contribution in [-0.2, 0) is 0 Å². The van der Waals surface area contributed by atoms with Crippen molar-refractivity contribution < 1.29 is 22.7 Å². The molecule has 1 aromatic carbocycles. The molecule has 0 fully saturated rings. The van der Waals surface area contributed by atoms with Gasteiger partial charge in [-0.2, -0.15) is 5.26 Å². The molecule has 0 spiro atoms. The molecule has 0 radical (unpaired) electrons. The lowest BCUT2D eigenvalue weighted by atomic mass is 10.0. The zero-order chi connectivity index (χ0) is 13.2. The number of hydrogen-bond acceptors (Lipinski definition) is 3. The van der Waals surface area contributed by atoms with Crippen LogP contribution >= 0.6 is 15.9 Å². The van der Waals surface area contributed by atoms with Crippen LogP contribution in [-0.4, -0.2) is 12.1 Å². The monoisotopic (exact) mass is 307 g/mol. The van der Waals surface area contributed by atoms with E-state index in [2.05, 4.69) is 20.7 Å². The second-order valence-electron chi connectivity index (χ2n) is 3.01. The van der Waals surface area contributed by atoms with Crippen molar-refractivity contribution in [2.45, 2.75) is 13.3 Å². The third-order valence-corrected chi connectivity index (χ3v) is 2.47. The number of rotatable bonds is 2. The highest BCUT2D eigenvalue weighted by Crippen LogP contribution is 2.32. The number of ether oxygens (including phenoxy) is 1. The second-order valence-corrected chi connectivity index (χ2v) is 3.87. The highest BCUT2D eigenvalue weighted by molar-refractivity contribution is 9.10. The lowest BCUT2D eigenvalue weighted by Gasteiger charge is -2.12. The minimum atomic E-state index is -4.91. The van der Waals surface area contributed by atoms with E-state index >= 15 is 0 Å². The maximum absolute atomic E-state index is 12.1. The summed E-state index contributed by atoms with van der Waals surface area (Å²) >= 11 is 2.99. The Morgan fingerprint density at radius 1 is 1.47 bits per heavy atom. The third kappa shape index (κ3) is 3.20. The number of halogens is 4. The highest BCUT2D eigenvalue weighted by Gasteiger charge is 2.33. The normalized spacial score (nSPS) is 10.8. The summed E-state index contributed by atoms with van der Waals surface area (Å²) < 4.78 is 40.1. The van der Waals surface area contributed by atoms with Gasteiger partial charge in [-0.3, -0.25) is 4.79 Å². The molecule has 7 heteroatoms. The van der Waals surface area contributed by atoms with Gasteiger partial charge in [-0.05, 0) is 35.0 Å². The van der Waals surface area contributed by atoms with Crippen LogP contribution in [0.25, 0.3) is 0 Å². The Hall–Kier alpha value is -1.55. The standard InChI is InChI=1S/C10H5BrF3NO2/c1-5(16)9-6(4-15)8(3-2-7(9)11)17-10(12,13)14/h2-3H,1H3. The van der Waals surface area contributed by atoms with Crippen LogP contribution in [0.1, 0.15) is 22.8 Å². The number of alkyl halides is 3. The Balaban J connectivity index is 3.40. The fraction of sp³-hybridized carbons (Fsp3) is 0.200. The lowest BCUT2D eigenvalue weighted by Crippen LogP contribution is -2.18. The van der Waals surface area contributed by atoms with E-state index in [1.807, 2.05) is 0 Å². The van der Waals surface area contributed by atoms with Crippen molar-refractivity contribution in [2.75, 3.05) is 0 Å².